The fraction of sp³-hybridized carbons (Fsp3) is 0.500. The third-order valence-corrected chi connectivity index (χ3v) is 4.64. The van der Waals surface area contributed by atoms with Crippen molar-refractivity contribution in [3.63, 3.8) is 0 Å². The highest BCUT2D eigenvalue weighted by molar-refractivity contribution is 5.88. The number of nitrogens with one attached hydrogen (secondary N) is 1. The maximum atomic E-state index is 12.4. The van der Waals surface area contributed by atoms with Gasteiger partial charge in [0.05, 0.1) is 26.2 Å². The lowest BCUT2D eigenvalue weighted by molar-refractivity contribution is -0.138. The Kier molecular flexibility index (Phi) is 8.29. The Morgan fingerprint density at radius 2 is 2.15 bits per heavy atom. The van der Waals surface area contributed by atoms with Gasteiger partial charge in [0, 0.05) is 45.9 Å². The van der Waals surface area contributed by atoms with Gasteiger partial charge in [-0.3, -0.25) is 14.5 Å². The Hall–Kier alpha value is -2.38. The van der Waals surface area contributed by atoms with Gasteiger partial charge in [0.1, 0.15) is 5.75 Å². The van der Waals surface area contributed by atoms with Gasteiger partial charge < -0.3 is 19.7 Å². The minimum Gasteiger partial charge on any atom is -0.496 e. The Balaban J connectivity index is 1.99. The maximum Gasteiger partial charge on any atom is 0.237 e. The first kappa shape index (κ1) is 20.9. The number of benzene rings is 1. The molecule has 1 aromatic rings. The van der Waals surface area contributed by atoms with Gasteiger partial charge in [-0.2, -0.15) is 0 Å². The van der Waals surface area contributed by atoms with Crippen LogP contribution in [0.25, 0.3) is 6.08 Å². The van der Waals surface area contributed by atoms with Gasteiger partial charge in [0.2, 0.25) is 11.8 Å². The first-order valence-corrected chi connectivity index (χ1v) is 9.11. The van der Waals surface area contributed by atoms with Crippen molar-refractivity contribution in [2.24, 2.45) is 0 Å². The summed E-state index contributed by atoms with van der Waals surface area (Å²) in [5.41, 5.74) is 0.980. The summed E-state index contributed by atoms with van der Waals surface area (Å²) in [6.07, 6.45) is 4.14. The van der Waals surface area contributed by atoms with Crippen molar-refractivity contribution in [1.82, 2.24) is 15.1 Å². The first-order valence-electron chi connectivity index (χ1n) is 9.11. The standard InChI is InChI=1S/C20H29N3O4/c1-22(13-14-26-2)19(24)15-17-20(25)21-10-12-23(17)11-6-8-16-7-4-5-9-18(16)27-3/h4-9,17H,10-15H2,1-3H3,(H,21,25)/b8-6+/t17-/m1/s1. The summed E-state index contributed by atoms with van der Waals surface area (Å²) in [6.45, 7) is 2.88. The summed E-state index contributed by atoms with van der Waals surface area (Å²) in [7, 11) is 4.97. The van der Waals surface area contributed by atoms with Crippen LogP contribution in [0.3, 0.4) is 0 Å². The summed E-state index contributed by atoms with van der Waals surface area (Å²) >= 11 is 0. The molecule has 0 spiro atoms. The molecule has 0 aromatic heterocycles. The van der Waals surface area contributed by atoms with E-state index in [1.165, 1.54) is 0 Å². The van der Waals surface area contributed by atoms with Crippen molar-refractivity contribution in [2.75, 3.05) is 54.1 Å². The number of methoxy groups -OCH3 is 2. The summed E-state index contributed by atoms with van der Waals surface area (Å²) < 4.78 is 10.4. The van der Waals surface area contributed by atoms with Crippen LogP contribution >= 0.6 is 0 Å². The molecule has 7 nitrogen and oxygen atoms in total. The third-order valence-electron chi connectivity index (χ3n) is 4.64. The average molecular weight is 375 g/mol. The first-order chi connectivity index (χ1) is 13.1. The second kappa shape index (κ2) is 10.7. The Bertz CT molecular complexity index is 662. The molecular weight excluding hydrogens is 346 g/mol. The minimum absolute atomic E-state index is 0.0622. The van der Waals surface area contributed by atoms with E-state index in [4.69, 9.17) is 9.47 Å². The zero-order valence-corrected chi connectivity index (χ0v) is 16.3. The third kappa shape index (κ3) is 6.08. The van der Waals surface area contributed by atoms with Crippen molar-refractivity contribution in [1.29, 1.82) is 0 Å². The quantitative estimate of drug-likeness (QED) is 0.697. The molecule has 7 heteroatoms. The van der Waals surface area contributed by atoms with E-state index >= 15 is 0 Å². The lowest BCUT2D eigenvalue weighted by atomic mass is 10.1. The van der Waals surface area contributed by atoms with Gasteiger partial charge in [-0.1, -0.05) is 30.4 Å². The van der Waals surface area contributed by atoms with Crippen molar-refractivity contribution in [3.05, 3.63) is 35.9 Å². The van der Waals surface area contributed by atoms with E-state index in [1.54, 1.807) is 26.2 Å². The second-order valence-electron chi connectivity index (χ2n) is 6.46. The van der Waals surface area contributed by atoms with Gasteiger partial charge in [0.25, 0.3) is 0 Å². The number of nitrogens with zero attached hydrogens (tertiary/aromatic N) is 2. The summed E-state index contributed by atoms with van der Waals surface area (Å²) in [6, 6.07) is 7.30. The molecular formula is C20H29N3O4. The van der Waals surface area contributed by atoms with Crippen molar-refractivity contribution in [2.45, 2.75) is 12.5 Å². The number of piperazine rings is 1. The van der Waals surface area contributed by atoms with Gasteiger partial charge in [-0.25, -0.2) is 0 Å². The molecule has 2 rings (SSSR count). The Morgan fingerprint density at radius 1 is 1.37 bits per heavy atom. The second-order valence-corrected chi connectivity index (χ2v) is 6.46. The van der Waals surface area contributed by atoms with Gasteiger partial charge in [0.15, 0.2) is 0 Å². The molecule has 0 aliphatic carbocycles. The Morgan fingerprint density at radius 3 is 2.89 bits per heavy atom. The van der Waals surface area contributed by atoms with Crippen LogP contribution in [0.1, 0.15) is 12.0 Å². The number of ether oxygens (including phenoxy) is 2. The van der Waals surface area contributed by atoms with E-state index < -0.39 is 6.04 Å². The molecule has 1 aliphatic rings. The average Bonchev–Trinajstić information content (AvgIpc) is 2.68. The largest absolute Gasteiger partial charge is 0.496 e. The zero-order chi connectivity index (χ0) is 19.6. The van der Waals surface area contributed by atoms with Crippen molar-refractivity contribution < 1.29 is 19.1 Å². The molecule has 1 aliphatic heterocycles. The minimum atomic E-state index is -0.460. The number of carbonyl (C=O) groups excluding carboxylic acids is 2. The molecule has 1 saturated heterocycles. The van der Waals surface area contributed by atoms with Crippen LogP contribution < -0.4 is 10.1 Å². The van der Waals surface area contributed by atoms with Gasteiger partial charge in [-0.05, 0) is 6.07 Å². The van der Waals surface area contributed by atoms with Crippen LogP contribution in [-0.4, -0.2) is 81.7 Å². The SMILES string of the molecule is COCCN(C)C(=O)C[C@@H]1C(=O)NCCN1C/C=C/c1ccccc1OC. The van der Waals surface area contributed by atoms with E-state index in [-0.39, 0.29) is 18.2 Å². The number of rotatable bonds is 9. The molecule has 0 saturated carbocycles. The maximum absolute atomic E-state index is 12.4. The van der Waals surface area contributed by atoms with Crippen LogP contribution in [0.4, 0.5) is 0 Å². The smallest absolute Gasteiger partial charge is 0.237 e. The topological polar surface area (TPSA) is 71.1 Å². The van der Waals surface area contributed by atoms with E-state index in [1.807, 2.05) is 41.3 Å². The fourth-order valence-corrected chi connectivity index (χ4v) is 3.00. The summed E-state index contributed by atoms with van der Waals surface area (Å²) in [5, 5.41) is 2.86. The van der Waals surface area contributed by atoms with Crippen LogP contribution in [0.5, 0.6) is 5.75 Å². The zero-order valence-electron chi connectivity index (χ0n) is 16.3. The molecule has 0 radical (unpaired) electrons. The number of amides is 2. The Labute approximate surface area is 160 Å². The van der Waals surface area contributed by atoms with E-state index in [2.05, 4.69) is 5.32 Å². The molecule has 1 heterocycles. The van der Waals surface area contributed by atoms with Gasteiger partial charge in [-0.15, -0.1) is 0 Å². The van der Waals surface area contributed by atoms with Gasteiger partial charge >= 0.3 is 0 Å². The van der Waals surface area contributed by atoms with Crippen LogP contribution in [0, 0.1) is 0 Å². The number of likely N-dealkylation sites (N-methyl/N-ethyl adjacent to an activating group) is 1. The fourth-order valence-electron chi connectivity index (χ4n) is 3.00. The number of para-hydroxylation sites is 1. The molecule has 1 atom stereocenters. The monoisotopic (exact) mass is 375 g/mol. The molecule has 1 N–H and O–H groups in total. The lowest BCUT2D eigenvalue weighted by Crippen LogP contribution is -2.56. The molecule has 1 aromatic carbocycles. The molecule has 0 bridgehead atoms. The number of hydrogen-bond donors (Lipinski definition) is 1. The highest BCUT2D eigenvalue weighted by Gasteiger charge is 2.31. The number of carbonyl (C=O) groups is 2. The number of hydrogen-bond acceptors (Lipinski definition) is 5. The van der Waals surface area contributed by atoms with E-state index in [0.29, 0.717) is 32.8 Å². The molecule has 148 valence electrons. The molecule has 2 amide bonds. The predicted octanol–water partition coefficient (Wildman–Crippen LogP) is 1.00. The normalized spacial score (nSPS) is 17.7. The highest BCUT2D eigenvalue weighted by Crippen LogP contribution is 2.19. The highest BCUT2D eigenvalue weighted by atomic mass is 16.5. The van der Waals surface area contributed by atoms with Crippen LogP contribution in [0.2, 0.25) is 0 Å². The van der Waals surface area contributed by atoms with Crippen LogP contribution in [-0.2, 0) is 14.3 Å². The summed E-state index contributed by atoms with van der Waals surface area (Å²) in [5.74, 6) is 0.643. The predicted molar refractivity (Wildman–Crippen MR) is 105 cm³/mol. The van der Waals surface area contributed by atoms with Crippen molar-refractivity contribution in [3.8, 4) is 5.75 Å². The molecule has 0 unspecified atom stereocenters. The molecule has 1 fully saturated rings. The van der Waals surface area contributed by atoms with Crippen molar-refractivity contribution >= 4 is 17.9 Å². The lowest BCUT2D eigenvalue weighted by Gasteiger charge is -2.34. The van der Waals surface area contributed by atoms with E-state index in [0.717, 1.165) is 11.3 Å². The molecule has 27 heavy (non-hydrogen) atoms. The summed E-state index contributed by atoms with van der Waals surface area (Å²) in [4.78, 5) is 28.4. The van der Waals surface area contributed by atoms with Crippen LogP contribution in [0.15, 0.2) is 30.3 Å². The van der Waals surface area contributed by atoms with E-state index in [9.17, 15) is 9.59 Å².